The SMILES string of the molecule is Cc1cc(C)n2c(NC(C)(C)C)c(-c3ccco3)nc2c1.Cl. The molecular weight excluding hydrogens is 298 g/mol. The molecule has 0 spiro atoms. The number of aryl methyl sites for hydroxylation is 2. The largest absolute Gasteiger partial charge is 0.463 e. The van der Waals surface area contributed by atoms with Crippen molar-refractivity contribution in [1.82, 2.24) is 9.38 Å². The van der Waals surface area contributed by atoms with Gasteiger partial charge in [0.05, 0.1) is 6.26 Å². The molecule has 3 aromatic rings. The van der Waals surface area contributed by atoms with E-state index in [1.165, 1.54) is 5.56 Å². The number of anilines is 1. The van der Waals surface area contributed by atoms with E-state index in [2.05, 4.69) is 56.5 Å². The standard InChI is InChI=1S/C17H21N3O.ClH/c1-11-9-12(2)20-14(10-11)18-15(13-7-6-8-21-13)16(20)19-17(3,4)5;/h6-10,19H,1-5H3;1H. The van der Waals surface area contributed by atoms with Crippen LogP contribution in [0, 0.1) is 13.8 Å². The van der Waals surface area contributed by atoms with Crippen molar-refractivity contribution in [3.05, 3.63) is 41.8 Å². The highest BCUT2D eigenvalue weighted by Crippen LogP contribution is 2.32. The highest BCUT2D eigenvalue weighted by molar-refractivity contribution is 5.85. The molecule has 3 heterocycles. The van der Waals surface area contributed by atoms with Crippen LogP contribution >= 0.6 is 12.4 Å². The molecule has 1 N–H and O–H groups in total. The first-order valence-corrected chi connectivity index (χ1v) is 7.17. The number of rotatable bonds is 2. The Labute approximate surface area is 137 Å². The summed E-state index contributed by atoms with van der Waals surface area (Å²) in [6.07, 6.45) is 1.68. The summed E-state index contributed by atoms with van der Waals surface area (Å²) in [6, 6.07) is 8.08. The number of nitrogens with one attached hydrogen (secondary N) is 1. The Balaban J connectivity index is 0.00000176. The van der Waals surface area contributed by atoms with E-state index in [4.69, 9.17) is 9.40 Å². The molecule has 3 aromatic heterocycles. The lowest BCUT2D eigenvalue weighted by atomic mass is 10.1. The molecule has 0 radical (unpaired) electrons. The molecule has 118 valence electrons. The Kier molecular flexibility index (Phi) is 4.25. The van der Waals surface area contributed by atoms with Crippen LogP contribution in [0.1, 0.15) is 32.0 Å². The van der Waals surface area contributed by atoms with Gasteiger partial charge in [0.2, 0.25) is 0 Å². The second-order valence-corrected chi connectivity index (χ2v) is 6.53. The highest BCUT2D eigenvalue weighted by Gasteiger charge is 2.21. The van der Waals surface area contributed by atoms with Gasteiger partial charge >= 0.3 is 0 Å². The summed E-state index contributed by atoms with van der Waals surface area (Å²) in [5.74, 6) is 1.76. The summed E-state index contributed by atoms with van der Waals surface area (Å²) in [6.45, 7) is 10.6. The van der Waals surface area contributed by atoms with E-state index in [1.54, 1.807) is 6.26 Å². The van der Waals surface area contributed by atoms with Gasteiger partial charge in [-0.2, -0.15) is 0 Å². The Morgan fingerprint density at radius 2 is 1.91 bits per heavy atom. The van der Waals surface area contributed by atoms with Crippen LogP contribution in [0.25, 0.3) is 17.1 Å². The molecule has 0 aromatic carbocycles. The number of hydrogen-bond acceptors (Lipinski definition) is 3. The van der Waals surface area contributed by atoms with Crippen molar-refractivity contribution in [1.29, 1.82) is 0 Å². The van der Waals surface area contributed by atoms with Crippen LogP contribution < -0.4 is 5.32 Å². The molecule has 3 rings (SSSR count). The van der Waals surface area contributed by atoms with Crippen molar-refractivity contribution in [3.8, 4) is 11.5 Å². The smallest absolute Gasteiger partial charge is 0.156 e. The molecule has 0 aliphatic rings. The topological polar surface area (TPSA) is 42.5 Å². The zero-order chi connectivity index (χ0) is 15.2. The van der Waals surface area contributed by atoms with Crippen LogP contribution in [0.3, 0.4) is 0 Å². The molecule has 5 heteroatoms. The fraction of sp³-hybridized carbons (Fsp3) is 0.353. The van der Waals surface area contributed by atoms with Crippen molar-refractivity contribution in [3.63, 3.8) is 0 Å². The Hall–Kier alpha value is -1.94. The number of imidazole rings is 1. The second-order valence-electron chi connectivity index (χ2n) is 6.53. The fourth-order valence-corrected chi connectivity index (χ4v) is 2.59. The summed E-state index contributed by atoms with van der Waals surface area (Å²) in [7, 11) is 0. The summed E-state index contributed by atoms with van der Waals surface area (Å²) >= 11 is 0. The zero-order valence-corrected chi connectivity index (χ0v) is 14.4. The van der Waals surface area contributed by atoms with E-state index in [-0.39, 0.29) is 17.9 Å². The van der Waals surface area contributed by atoms with Gasteiger partial charge in [-0.15, -0.1) is 12.4 Å². The van der Waals surface area contributed by atoms with E-state index >= 15 is 0 Å². The number of hydrogen-bond donors (Lipinski definition) is 1. The first-order chi connectivity index (χ1) is 9.85. The predicted octanol–water partition coefficient (Wildman–Crippen LogP) is 4.84. The van der Waals surface area contributed by atoms with Gasteiger partial charge in [-0.05, 0) is 64.4 Å². The number of furan rings is 1. The molecular formula is C17H22ClN3O. The van der Waals surface area contributed by atoms with Crippen molar-refractivity contribution in [2.45, 2.75) is 40.2 Å². The van der Waals surface area contributed by atoms with Crippen LogP contribution in [-0.2, 0) is 0 Å². The van der Waals surface area contributed by atoms with Crippen molar-refractivity contribution < 1.29 is 4.42 Å². The molecule has 0 aliphatic carbocycles. The predicted molar refractivity (Wildman–Crippen MR) is 93.0 cm³/mol. The number of halogens is 1. The van der Waals surface area contributed by atoms with Gasteiger partial charge in [0.1, 0.15) is 17.2 Å². The molecule has 0 unspecified atom stereocenters. The molecule has 4 nitrogen and oxygen atoms in total. The Bertz CT molecular complexity index is 782. The van der Waals surface area contributed by atoms with Crippen molar-refractivity contribution in [2.24, 2.45) is 0 Å². The van der Waals surface area contributed by atoms with Crippen LogP contribution in [0.15, 0.2) is 34.9 Å². The average molecular weight is 320 g/mol. The van der Waals surface area contributed by atoms with Gasteiger partial charge in [0.25, 0.3) is 0 Å². The summed E-state index contributed by atoms with van der Waals surface area (Å²) in [5.41, 5.74) is 4.09. The lowest BCUT2D eigenvalue weighted by molar-refractivity contribution is 0.579. The van der Waals surface area contributed by atoms with E-state index < -0.39 is 0 Å². The van der Waals surface area contributed by atoms with Gasteiger partial charge in [-0.25, -0.2) is 4.98 Å². The van der Waals surface area contributed by atoms with Gasteiger partial charge < -0.3 is 9.73 Å². The lowest BCUT2D eigenvalue weighted by Gasteiger charge is -2.23. The number of aromatic nitrogens is 2. The van der Waals surface area contributed by atoms with E-state index in [9.17, 15) is 0 Å². The minimum absolute atomic E-state index is 0. The highest BCUT2D eigenvalue weighted by atomic mass is 35.5. The Morgan fingerprint density at radius 1 is 1.18 bits per heavy atom. The van der Waals surface area contributed by atoms with Crippen LogP contribution in [-0.4, -0.2) is 14.9 Å². The minimum atomic E-state index is -0.0609. The maximum Gasteiger partial charge on any atom is 0.156 e. The third kappa shape index (κ3) is 2.97. The molecule has 0 fully saturated rings. The van der Waals surface area contributed by atoms with E-state index in [0.29, 0.717) is 0 Å². The minimum Gasteiger partial charge on any atom is -0.463 e. The third-order valence-electron chi connectivity index (χ3n) is 3.30. The zero-order valence-electron chi connectivity index (χ0n) is 13.6. The van der Waals surface area contributed by atoms with E-state index in [1.807, 2.05) is 12.1 Å². The van der Waals surface area contributed by atoms with Crippen molar-refractivity contribution in [2.75, 3.05) is 5.32 Å². The first kappa shape index (κ1) is 16.4. The molecule has 0 bridgehead atoms. The molecule has 0 atom stereocenters. The van der Waals surface area contributed by atoms with E-state index in [0.717, 1.165) is 28.6 Å². The number of pyridine rings is 1. The Morgan fingerprint density at radius 3 is 2.50 bits per heavy atom. The maximum atomic E-state index is 5.56. The average Bonchev–Trinajstić information content (AvgIpc) is 2.94. The van der Waals surface area contributed by atoms with Crippen LogP contribution in [0.4, 0.5) is 5.82 Å². The van der Waals surface area contributed by atoms with Gasteiger partial charge in [-0.3, -0.25) is 4.40 Å². The van der Waals surface area contributed by atoms with Gasteiger partial charge in [-0.1, -0.05) is 0 Å². The third-order valence-corrected chi connectivity index (χ3v) is 3.30. The fourth-order valence-electron chi connectivity index (χ4n) is 2.59. The summed E-state index contributed by atoms with van der Waals surface area (Å²) < 4.78 is 7.71. The first-order valence-electron chi connectivity index (χ1n) is 7.17. The second kappa shape index (κ2) is 5.69. The van der Waals surface area contributed by atoms with Crippen LogP contribution in [0.2, 0.25) is 0 Å². The molecule has 0 amide bonds. The summed E-state index contributed by atoms with van der Waals surface area (Å²) in [5, 5.41) is 3.56. The molecule has 0 saturated heterocycles. The monoisotopic (exact) mass is 319 g/mol. The summed E-state index contributed by atoms with van der Waals surface area (Å²) in [4.78, 5) is 4.77. The molecule has 0 aliphatic heterocycles. The number of nitrogens with zero attached hydrogens (tertiary/aromatic N) is 2. The normalized spacial score (nSPS) is 11.5. The van der Waals surface area contributed by atoms with Gasteiger partial charge in [0.15, 0.2) is 5.76 Å². The van der Waals surface area contributed by atoms with Crippen molar-refractivity contribution >= 4 is 23.9 Å². The lowest BCUT2D eigenvalue weighted by Crippen LogP contribution is -2.27. The molecule has 0 saturated carbocycles. The van der Waals surface area contributed by atoms with Gasteiger partial charge in [0, 0.05) is 11.2 Å². The maximum absolute atomic E-state index is 5.56. The number of fused-ring (bicyclic) bond motifs is 1. The quantitative estimate of drug-likeness (QED) is 0.734. The van der Waals surface area contributed by atoms with Crippen LogP contribution in [0.5, 0.6) is 0 Å². The molecule has 22 heavy (non-hydrogen) atoms.